The Hall–Kier alpha value is -0.280. The summed E-state index contributed by atoms with van der Waals surface area (Å²) in [5.74, 6) is 0. The summed E-state index contributed by atoms with van der Waals surface area (Å²) in [6, 6.07) is 5.47. The summed E-state index contributed by atoms with van der Waals surface area (Å²) in [6.07, 6.45) is 0. The van der Waals surface area contributed by atoms with E-state index in [0.717, 1.165) is 12.1 Å². The first-order valence-electron chi connectivity index (χ1n) is 4.36. The van der Waals surface area contributed by atoms with Gasteiger partial charge in [-0.2, -0.15) is 0 Å². The maximum absolute atomic E-state index is 5.97. The van der Waals surface area contributed by atoms with E-state index in [0.29, 0.717) is 10.0 Å². The van der Waals surface area contributed by atoms with Crippen LogP contribution in [-0.4, -0.2) is 25.5 Å². The highest BCUT2D eigenvalue weighted by atomic mass is 35.5. The van der Waals surface area contributed by atoms with E-state index in [-0.39, 0.29) is 6.04 Å². The molecule has 0 bridgehead atoms. The molecule has 1 rings (SSSR count). The number of rotatable bonds is 3. The van der Waals surface area contributed by atoms with Crippen molar-refractivity contribution in [2.75, 3.05) is 20.6 Å². The van der Waals surface area contributed by atoms with E-state index in [1.807, 2.05) is 31.1 Å². The van der Waals surface area contributed by atoms with Crippen LogP contribution in [0.25, 0.3) is 0 Å². The molecule has 0 aliphatic rings. The Balaban J connectivity index is 2.80. The molecule has 1 aromatic carbocycles. The molecule has 0 saturated carbocycles. The van der Waals surface area contributed by atoms with Crippen molar-refractivity contribution in [3.63, 3.8) is 0 Å². The van der Waals surface area contributed by atoms with Gasteiger partial charge in [0.25, 0.3) is 0 Å². The van der Waals surface area contributed by atoms with Gasteiger partial charge in [-0.3, -0.25) is 0 Å². The van der Waals surface area contributed by atoms with E-state index in [4.69, 9.17) is 28.9 Å². The number of nitrogens with zero attached hydrogens (tertiary/aromatic N) is 1. The molecular weight excluding hydrogens is 219 g/mol. The first-order chi connectivity index (χ1) is 6.50. The Kier molecular flexibility index (Phi) is 4.20. The highest BCUT2D eigenvalue weighted by Gasteiger charge is 2.08. The van der Waals surface area contributed by atoms with E-state index in [1.54, 1.807) is 6.07 Å². The first-order valence-corrected chi connectivity index (χ1v) is 5.11. The molecule has 0 amide bonds. The van der Waals surface area contributed by atoms with E-state index < -0.39 is 0 Å². The molecule has 2 N–H and O–H groups in total. The number of hydrogen-bond acceptors (Lipinski definition) is 2. The Morgan fingerprint density at radius 2 is 1.93 bits per heavy atom. The molecule has 0 saturated heterocycles. The van der Waals surface area contributed by atoms with Gasteiger partial charge < -0.3 is 10.6 Å². The van der Waals surface area contributed by atoms with E-state index >= 15 is 0 Å². The summed E-state index contributed by atoms with van der Waals surface area (Å²) < 4.78 is 0. The van der Waals surface area contributed by atoms with Gasteiger partial charge in [0.1, 0.15) is 0 Å². The third-order valence-electron chi connectivity index (χ3n) is 1.93. The van der Waals surface area contributed by atoms with Crippen molar-refractivity contribution >= 4 is 23.2 Å². The van der Waals surface area contributed by atoms with Gasteiger partial charge in [-0.05, 0) is 31.8 Å². The van der Waals surface area contributed by atoms with Crippen LogP contribution < -0.4 is 5.73 Å². The van der Waals surface area contributed by atoms with Crippen molar-refractivity contribution in [3.8, 4) is 0 Å². The summed E-state index contributed by atoms with van der Waals surface area (Å²) in [7, 11) is 3.97. The largest absolute Gasteiger partial charge is 0.323 e. The van der Waals surface area contributed by atoms with Crippen LogP contribution in [0.2, 0.25) is 10.0 Å². The van der Waals surface area contributed by atoms with Crippen LogP contribution in [0, 0.1) is 0 Å². The van der Waals surface area contributed by atoms with E-state index in [2.05, 4.69) is 0 Å². The van der Waals surface area contributed by atoms with Crippen LogP contribution in [0.5, 0.6) is 0 Å². The molecule has 78 valence electrons. The molecule has 2 nitrogen and oxygen atoms in total. The van der Waals surface area contributed by atoms with Crippen molar-refractivity contribution in [3.05, 3.63) is 33.8 Å². The predicted octanol–water partition coefficient (Wildman–Crippen LogP) is 2.55. The molecular formula is C10H14Cl2N2. The van der Waals surface area contributed by atoms with Crippen LogP contribution in [0.3, 0.4) is 0 Å². The minimum Gasteiger partial charge on any atom is -0.323 e. The topological polar surface area (TPSA) is 29.3 Å². The van der Waals surface area contributed by atoms with Gasteiger partial charge in [0.15, 0.2) is 0 Å². The molecule has 14 heavy (non-hydrogen) atoms. The SMILES string of the molecule is CN(C)CC(N)c1ccc(Cl)c(Cl)c1. The Labute approximate surface area is 94.6 Å². The summed E-state index contributed by atoms with van der Waals surface area (Å²) >= 11 is 11.7. The van der Waals surface area contributed by atoms with E-state index in [1.165, 1.54) is 0 Å². The third-order valence-corrected chi connectivity index (χ3v) is 2.67. The molecule has 0 radical (unpaired) electrons. The first kappa shape index (κ1) is 11.8. The average molecular weight is 233 g/mol. The highest BCUT2D eigenvalue weighted by Crippen LogP contribution is 2.24. The van der Waals surface area contributed by atoms with Crippen molar-refractivity contribution in [2.24, 2.45) is 5.73 Å². The minimum atomic E-state index is -0.0280. The fourth-order valence-electron chi connectivity index (χ4n) is 1.24. The van der Waals surface area contributed by atoms with Gasteiger partial charge >= 0.3 is 0 Å². The van der Waals surface area contributed by atoms with Crippen molar-refractivity contribution < 1.29 is 0 Å². The summed E-state index contributed by atoms with van der Waals surface area (Å²) in [4.78, 5) is 2.03. The smallest absolute Gasteiger partial charge is 0.0595 e. The van der Waals surface area contributed by atoms with Crippen molar-refractivity contribution in [1.29, 1.82) is 0 Å². The van der Waals surface area contributed by atoms with Gasteiger partial charge in [-0.25, -0.2) is 0 Å². The van der Waals surface area contributed by atoms with Crippen LogP contribution in [0.4, 0.5) is 0 Å². The van der Waals surface area contributed by atoms with Crippen molar-refractivity contribution in [1.82, 2.24) is 4.90 Å². The fourth-order valence-corrected chi connectivity index (χ4v) is 1.55. The molecule has 0 heterocycles. The number of likely N-dealkylation sites (N-methyl/N-ethyl adjacent to an activating group) is 1. The van der Waals surface area contributed by atoms with Crippen LogP contribution in [-0.2, 0) is 0 Å². The Morgan fingerprint density at radius 3 is 2.43 bits per heavy atom. The predicted molar refractivity (Wildman–Crippen MR) is 61.9 cm³/mol. The molecule has 0 aromatic heterocycles. The summed E-state index contributed by atoms with van der Waals surface area (Å²) in [6.45, 7) is 0.790. The molecule has 4 heteroatoms. The van der Waals surface area contributed by atoms with Gasteiger partial charge in [0, 0.05) is 12.6 Å². The maximum Gasteiger partial charge on any atom is 0.0595 e. The number of hydrogen-bond donors (Lipinski definition) is 1. The molecule has 1 unspecified atom stereocenters. The summed E-state index contributed by atoms with van der Waals surface area (Å²) in [5, 5.41) is 1.12. The third kappa shape index (κ3) is 3.14. The second kappa shape index (κ2) is 4.99. The zero-order valence-electron chi connectivity index (χ0n) is 8.30. The zero-order chi connectivity index (χ0) is 10.7. The minimum absolute atomic E-state index is 0.0280. The van der Waals surface area contributed by atoms with Gasteiger partial charge in [-0.1, -0.05) is 29.3 Å². The molecule has 0 aliphatic carbocycles. The lowest BCUT2D eigenvalue weighted by Gasteiger charge is -2.17. The van der Waals surface area contributed by atoms with Gasteiger partial charge in [0.2, 0.25) is 0 Å². The van der Waals surface area contributed by atoms with E-state index in [9.17, 15) is 0 Å². The zero-order valence-corrected chi connectivity index (χ0v) is 9.81. The van der Waals surface area contributed by atoms with Crippen LogP contribution in [0.1, 0.15) is 11.6 Å². The number of halogens is 2. The molecule has 0 aliphatic heterocycles. The standard InChI is InChI=1S/C10H14Cl2N2/c1-14(2)6-10(13)7-3-4-8(11)9(12)5-7/h3-5,10H,6,13H2,1-2H3. The van der Waals surface area contributed by atoms with Gasteiger partial charge in [0.05, 0.1) is 10.0 Å². The molecule has 1 atom stereocenters. The lowest BCUT2D eigenvalue weighted by atomic mass is 10.1. The quantitative estimate of drug-likeness (QED) is 0.869. The maximum atomic E-state index is 5.97. The highest BCUT2D eigenvalue weighted by molar-refractivity contribution is 6.42. The number of nitrogens with two attached hydrogens (primary N) is 1. The van der Waals surface area contributed by atoms with Crippen LogP contribution in [0.15, 0.2) is 18.2 Å². The molecule has 0 spiro atoms. The van der Waals surface area contributed by atoms with Crippen LogP contribution >= 0.6 is 23.2 Å². The lowest BCUT2D eigenvalue weighted by Crippen LogP contribution is -2.25. The van der Waals surface area contributed by atoms with Gasteiger partial charge in [-0.15, -0.1) is 0 Å². The molecule has 0 fully saturated rings. The fraction of sp³-hybridized carbons (Fsp3) is 0.400. The number of benzene rings is 1. The second-order valence-electron chi connectivity index (χ2n) is 3.54. The normalized spacial score (nSPS) is 13.3. The average Bonchev–Trinajstić information content (AvgIpc) is 2.08. The van der Waals surface area contributed by atoms with Crippen molar-refractivity contribution in [2.45, 2.75) is 6.04 Å². The molecule has 1 aromatic rings. The Morgan fingerprint density at radius 1 is 1.29 bits per heavy atom. The lowest BCUT2D eigenvalue weighted by molar-refractivity contribution is 0.376. The summed E-state index contributed by atoms with van der Waals surface area (Å²) in [5.41, 5.74) is 6.98. The Bertz CT molecular complexity index is 313. The second-order valence-corrected chi connectivity index (χ2v) is 4.36. The monoisotopic (exact) mass is 232 g/mol.